The van der Waals surface area contributed by atoms with Crippen LogP contribution in [0.15, 0.2) is 6.07 Å². The highest BCUT2D eigenvalue weighted by molar-refractivity contribution is 6.08. The minimum Gasteiger partial charge on any atom is -0.443 e. The first-order chi connectivity index (χ1) is 9.61. The number of hydrogen-bond acceptors (Lipinski definition) is 3. The molecule has 110 valence electrons. The Balaban J connectivity index is 2.67. The maximum Gasteiger partial charge on any atom is 0.426 e. The fourth-order valence-electron chi connectivity index (χ4n) is 2.32. The van der Waals surface area contributed by atoms with Crippen molar-refractivity contribution >= 4 is 22.9 Å². The van der Waals surface area contributed by atoms with Crippen molar-refractivity contribution in [2.45, 2.75) is 40.2 Å². The first kappa shape index (κ1) is 14.9. The molecule has 0 fully saturated rings. The number of primary amides is 1. The summed E-state index contributed by atoms with van der Waals surface area (Å²) < 4.78 is 6.57. The molecule has 0 atom stereocenters. The van der Waals surface area contributed by atoms with E-state index in [1.807, 2.05) is 13.0 Å². The monoisotopic (exact) mass is 286 g/mol. The van der Waals surface area contributed by atoms with Gasteiger partial charge >= 0.3 is 6.09 Å². The molecule has 0 radical (unpaired) electrons. The summed E-state index contributed by atoms with van der Waals surface area (Å²) in [5, 5.41) is 0.492. The molecule has 1 aromatic heterocycles. The fourth-order valence-corrected chi connectivity index (χ4v) is 2.32. The van der Waals surface area contributed by atoms with Gasteiger partial charge in [0.05, 0.1) is 16.5 Å². The van der Waals surface area contributed by atoms with Crippen molar-refractivity contribution < 1.29 is 14.3 Å². The van der Waals surface area contributed by atoms with E-state index in [1.165, 1.54) is 4.57 Å². The Morgan fingerprint density at radius 1 is 1.24 bits per heavy atom. The fraction of sp³-hybridized carbons (Fsp3) is 0.375. The van der Waals surface area contributed by atoms with Crippen LogP contribution in [0.3, 0.4) is 0 Å². The van der Waals surface area contributed by atoms with Crippen LogP contribution in [0.5, 0.6) is 0 Å². The van der Waals surface area contributed by atoms with E-state index < -0.39 is 17.6 Å². The number of nitrogens with zero attached hydrogens (tertiary/aromatic N) is 1. The molecule has 21 heavy (non-hydrogen) atoms. The van der Waals surface area contributed by atoms with Gasteiger partial charge < -0.3 is 10.5 Å². The second kappa shape index (κ2) is 4.81. The van der Waals surface area contributed by atoms with E-state index >= 15 is 0 Å². The number of carbonyl (C=O) groups is 2. The van der Waals surface area contributed by atoms with Gasteiger partial charge in [0.1, 0.15) is 5.60 Å². The molecular weight excluding hydrogens is 268 g/mol. The molecule has 5 heteroatoms. The molecule has 5 nitrogen and oxygen atoms in total. The number of benzene rings is 1. The summed E-state index contributed by atoms with van der Waals surface area (Å²) in [5.41, 5.74) is 7.28. The Labute approximate surface area is 123 Å². The second-order valence-electron chi connectivity index (χ2n) is 6.03. The van der Waals surface area contributed by atoms with E-state index in [0.717, 1.165) is 11.1 Å². The molecule has 0 saturated heterocycles. The first-order valence-corrected chi connectivity index (χ1v) is 6.60. The molecule has 1 heterocycles. The van der Waals surface area contributed by atoms with Gasteiger partial charge in [-0.05, 0) is 51.8 Å². The molecule has 2 aromatic rings. The molecule has 0 unspecified atom stereocenters. The van der Waals surface area contributed by atoms with Crippen LogP contribution in [-0.2, 0) is 4.74 Å². The highest BCUT2D eigenvalue weighted by Crippen LogP contribution is 2.25. The Hall–Kier alpha value is -2.48. The van der Waals surface area contributed by atoms with Crippen molar-refractivity contribution in [1.29, 1.82) is 0 Å². The zero-order valence-electron chi connectivity index (χ0n) is 12.8. The molecule has 2 rings (SSSR count). The van der Waals surface area contributed by atoms with E-state index in [9.17, 15) is 9.59 Å². The Morgan fingerprint density at radius 3 is 2.38 bits per heavy atom. The van der Waals surface area contributed by atoms with Crippen molar-refractivity contribution in [1.82, 2.24) is 4.57 Å². The van der Waals surface area contributed by atoms with E-state index in [2.05, 4.69) is 12.3 Å². The molecule has 0 bridgehead atoms. The third kappa shape index (κ3) is 2.70. The summed E-state index contributed by atoms with van der Waals surface area (Å²) >= 11 is 0. The Kier molecular flexibility index (Phi) is 3.42. The summed E-state index contributed by atoms with van der Waals surface area (Å²) in [6.07, 6.45) is 2.15. The predicted octanol–water partition coefficient (Wildman–Crippen LogP) is 2.74. The average Bonchev–Trinajstić information content (AvgIpc) is 2.70. The lowest BCUT2D eigenvalue weighted by Crippen LogP contribution is -2.27. The number of aromatic nitrogens is 1. The van der Waals surface area contributed by atoms with E-state index in [0.29, 0.717) is 16.5 Å². The number of carbonyl (C=O) groups excluding carboxylic acids is 2. The van der Waals surface area contributed by atoms with Crippen LogP contribution in [-0.4, -0.2) is 22.2 Å². The Bertz CT molecular complexity index is 736. The normalized spacial score (nSPS) is 11.3. The first-order valence-electron chi connectivity index (χ1n) is 6.60. The second-order valence-corrected chi connectivity index (χ2v) is 6.03. The average molecular weight is 286 g/mol. The number of ether oxygens (including phenoxy) is 1. The third-order valence-corrected chi connectivity index (χ3v) is 3.03. The molecule has 1 aromatic carbocycles. The number of amides is 1. The van der Waals surface area contributed by atoms with Gasteiger partial charge in [-0.2, -0.15) is 0 Å². The molecule has 0 saturated carbocycles. The highest BCUT2D eigenvalue weighted by Gasteiger charge is 2.22. The van der Waals surface area contributed by atoms with Crippen LogP contribution in [0.4, 0.5) is 4.79 Å². The van der Waals surface area contributed by atoms with Crippen LogP contribution in [0.1, 0.15) is 42.3 Å². The number of hydrogen-bond donors (Lipinski definition) is 1. The molecule has 2 N–H and O–H groups in total. The number of fused-ring (bicyclic) bond motifs is 1. The lowest BCUT2D eigenvalue weighted by molar-refractivity contribution is 0.0543. The Morgan fingerprint density at radius 2 is 1.86 bits per heavy atom. The molecular formula is C16H18N2O3. The van der Waals surface area contributed by atoms with Crippen molar-refractivity contribution in [3.05, 3.63) is 35.0 Å². The summed E-state index contributed by atoms with van der Waals surface area (Å²) in [6.45, 7) is 9.00. The van der Waals surface area contributed by atoms with Crippen LogP contribution in [0.2, 0.25) is 0 Å². The number of rotatable bonds is 1. The molecule has 0 aliphatic heterocycles. The maximum atomic E-state index is 12.2. The van der Waals surface area contributed by atoms with E-state index in [-0.39, 0.29) is 0 Å². The number of nitrogens with two attached hydrogens (primary N) is 1. The van der Waals surface area contributed by atoms with Gasteiger partial charge in [0.25, 0.3) is 0 Å². The summed E-state index contributed by atoms with van der Waals surface area (Å²) in [6, 6.07) is 4.63. The third-order valence-electron chi connectivity index (χ3n) is 3.03. The predicted molar refractivity (Wildman–Crippen MR) is 79.2 cm³/mol. The summed E-state index contributed by atoms with van der Waals surface area (Å²) in [5.74, 6) is -0.552. The maximum absolute atomic E-state index is 12.2. The van der Waals surface area contributed by atoms with Gasteiger partial charge in [-0.3, -0.25) is 4.79 Å². The van der Waals surface area contributed by atoms with Crippen molar-refractivity contribution in [2.75, 3.05) is 0 Å². The van der Waals surface area contributed by atoms with Gasteiger partial charge in [-0.25, -0.2) is 9.36 Å². The van der Waals surface area contributed by atoms with Gasteiger partial charge in [0, 0.05) is 6.20 Å². The van der Waals surface area contributed by atoms with Gasteiger partial charge in [-0.1, -0.05) is 6.07 Å². The van der Waals surface area contributed by atoms with Gasteiger partial charge in [0.2, 0.25) is 5.91 Å². The molecule has 0 aliphatic carbocycles. The number of aryl methyl sites for hydroxylation is 2. The SMILES string of the molecule is Cc1cc(C)c2c(c#cn2C(=O)OC(C)(C)C)c1C(N)=O. The smallest absolute Gasteiger partial charge is 0.426 e. The zero-order chi connectivity index (χ0) is 15.9. The molecule has 0 spiro atoms. The van der Waals surface area contributed by atoms with Crippen molar-refractivity contribution in [3.8, 4) is 0 Å². The minimum atomic E-state index is -0.618. The lowest BCUT2D eigenvalue weighted by Gasteiger charge is -2.19. The zero-order valence-corrected chi connectivity index (χ0v) is 12.8. The van der Waals surface area contributed by atoms with Crippen molar-refractivity contribution in [2.24, 2.45) is 5.73 Å². The minimum absolute atomic E-state index is 0.356. The van der Waals surface area contributed by atoms with Crippen LogP contribution >= 0.6 is 0 Å². The standard InChI is InChI=1S/C16H18N2O3/c1-9-8-10(2)13-11(12(9)14(17)19)6-7-18(13)15(20)21-16(3,4)5/h8H,1-5H3,(H2,17,19). The molecule has 1 amide bonds. The van der Waals surface area contributed by atoms with E-state index in [1.54, 1.807) is 27.7 Å². The van der Waals surface area contributed by atoms with Crippen LogP contribution in [0, 0.1) is 26.1 Å². The van der Waals surface area contributed by atoms with Crippen molar-refractivity contribution in [3.63, 3.8) is 0 Å². The molecule has 0 aliphatic rings. The topological polar surface area (TPSA) is 74.3 Å². The summed E-state index contributed by atoms with van der Waals surface area (Å²) in [7, 11) is 0. The van der Waals surface area contributed by atoms with Gasteiger partial charge in [0.15, 0.2) is 0 Å². The lowest BCUT2D eigenvalue weighted by atomic mass is 10.0. The largest absolute Gasteiger partial charge is 0.443 e. The summed E-state index contributed by atoms with van der Waals surface area (Å²) in [4.78, 5) is 23.8. The highest BCUT2D eigenvalue weighted by atomic mass is 16.6. The van der Waals surface area contributed by atoms with E-state index in [4.69, 9.17) is 10.5 Å². The quantitative estimate of drug-likeness (QED) is 0.876. The van der Waals surface area contributed by atoms with Crippen LogP contribution < -0.4 is 5.73 Å². The van der Waals surface area contributed by atoms with Gasteiger partial charge in [-0.15, -0.1) is 0 Å². The van der Waals surface area contributed by atoms with Crippen LogP contribution in [0.25, 0.3) is 10.9 Å².